The molecule has 0 saturated carbocycles. The maximum atomic E-state index is 13.9. The van der Waals surface area contributed by atoms with Crippen LogP contribution in [0.3, 0.4) is 0 Å². The molecule has 7 nitrogen and oxygen atoms in total. The molecular weight excluding hydrogens is 581 g/mol. The standard InChI is InChI=1S/C31H29Cl2N3O4S/c1-34-31(38)27(19-21-9-3-2-4-10-21)35(20-23-24(32)13-7-14-25(23)33)29(37)17-8-18-36-26-15-5-11-22-12-6-16-28(30(22)26)41(36,39)40/h2-7,9-16,27H,8,17-20H2,1H3,(H,34,38)/t27-/m1/s1. The minimum Gasteiger partial charge on any atom is -0.357 e. The van der Waals surface area contributed by atoms with E-state index in [1.54, 1.807) is 36.4 Å². The van der Waals surface area contributed by atoms with Crippen LogP contribution in [-0.2, 0) is 32.6 Å². The fourth-order valence-corrected chi connectivity index (χ4v) is 7.56. The van der Waals surface area contributed by atoms with E-state index in [0.717, 1.165) is 10.9 Å². The van der Waals surface area contributed by atoms with Crippen LogP contribution >= 0.6 is 23.2 Å². The summed E-state index contributed by atoms with van der Waals surface area (Å²) < 4.78 is 28.1. The highest BCUT2D eigenvalue weighted by molar-refractivity contribution is 7.93. The van der Waals surface area contributed by atoms with E-state index in [4.69, 9.17) is 23.2 Å². The lowest BCUT2D eigenvalue weighted by molar-refractivity contribution is -0.141. The number of rotatable bonds is 10. The summed E-state index contributed by atoms with van der Waals surface area (Å²) in [5.41, 5.74) is 2.03. The van der Waals surface area contributed by atoms with Crippen LogP contribution in [0, 0.1) is 0 Å². The number of halogens is 2. The van der Waals surface area contributed by atoms with Crippen LogP contribution in [0.15, 0.2) is 89.8 Å². The van der Waals surface area contributed by atoms with Crippen molar-refractivity contribution in [2.75, 3.05) is 17.9 Å². The number of carbonyl (C=O) groups excluding carboxylic acids is 2. The van der Waals surface area contributed by atoms with E-state index in [2.05, 4.69) is 5.32 Å². The molecule has 0 saturated heterocycles. The molecule has 0 unspecified atom stereocenters. The van der Waals surface area contributed by atoms with Crippen molar-refractivity contribution in [2.24, 2.45) is 0 Å². The van der Waals surface area contributed by atoms with Gasteiger partial charge in [0.1, 0.15) is 6.04 Å². The topological polar surface area (TPSA) is 86.8 Å². The number of nitrogens with one attached hydrogen (secondary N) is 1. The summed E-state index contributed by atoms with van der Waals surface area (Å²) in [6.07, 6.45) is 0.551. The van der Waals surface area contributed by atoms with Crippen LogP contribution in [0.4, 0.5) is 5.69 Å². The molecule has 1 aliphatic heterocycles. The van der Waals surface area contributed by atoms with E-state index in [9.17, 15) is 18.0 Å². The van der Waals surface area contributed by atoms with Crippen molar-refractivity contribution in [3.05, 3.63) is 106 Å². The second-order valence-corrected chi connectivity index (χ2v) is 12.5. The first-order chi connectivity index (χ1) is 19.7. The van der Waals surface area contributed by atoms with E-state index in [0.29, 0.717) is 26.7 Å². The summed E-state index contributed by atoms with van der Waals surface area (Å²) in [7, 11) is -2.21. The number of hydrogen-bond acceptors (Lipinski definition) is 4. The normalized spacial score (nSPS) is 14.2. The SMILES string of the molecule is CNC(=O)[C@@H](Cc1ccccc1)N(Cc1c(Cl)cccc1Cl)C(=O)CCCN1c2cccc3cccc(c23)S1(=O)=O. The van der Waals surface area contributed by atoms with Crippen molar-refractivity contribution < 1.29 is 18.0 Å². The maximum absolute atomic E-state index is 13.9. The Labute approximate surface area is 249 Å². The van der Waals surface area contributed by atoms with E-state index < -0.39 is 16.1 Å². The third-order valence-corrected chi connectivity index (χ3v) is 9.90. The summed E-state index contributed by atoms with van der Waals surface area (Å²) >= 11 is 12.9. The van der Waals surface area contributed by atoms with Gasteiger partial charge in [-0.15, -0.1) is 0 Å². The lowest BCUT2D eigenvalue weighted by Gasteiger charge is -2.32. The molecule has 5 rings (SSSR count). The molecule has 41 heavy (non-hydrogen) atoms. The Kier molecular flexibility index (Phi) is 8.54. The molecule has 0 aromatic heterocycles. The number of hydrogen-bond donors (Lipinski definition) is 1. The van der Waals surface area contributed by atoms with E-state index in [-0.39, 0.29) is 49.1 Å². The maximum Gasteiger partial charge on any atom is 0.265 e. The minimum absolute atomic E-state index is 0.0166. The zero-order chi connectivity index (χ0) is 29.1. The summed E-state index contributed by atoms with van der Waals surface area (Å²) in [5, 5.41) is 5.00. The Bertz CT molecular complexity index is 1690. The van der Waals surface area contributed by atoms with Gasteiger partial charge in [-0.25, -0.2) is 8.42 Å². The van der Waals surface area contributed by atoms with Crippen molar-refractivity contribution in [1.82, 2.24) is 10.2 Å². The zero-order valence-corrected chi connectivity index (χ0v) is 24.7. The predicted molar refractivity (Wildman–Crippen MR) is 163 cm³/mol. The number of amides is 2. The highest BCUT2D eigenvalue weighted by Crippen LogP contribution is 2.42. The average molecular weight is 611 g/mol. The number of carbonyl (C=O) groups is 2. The largest absolute Gasteiger partial charge is 0.357 e. The first-order valence-electron chi connectivity index (χ1n) is 13.2. The third kappa shape index (κ3) is 5.77. The van der Waals surface area contributed by atoms with Crippen LogP contribution in [0.5, 0.6) is 0 Å². The van der Waals surface area contributed by atoms with Gasteiger partial charge >= 0.3 is 0 Å². The molecule has 0 bridgehead atoms. The van der Waals surface area contributed by atoms with E-state index in [1.807, 2.05) is 48.5 Å². The van der Waals surface area contributed by atoms with Crippen LogP contribution < -0.4 is 9.62 Å². The van der Waals surface area contributed by atoms with Crippen LogP contribution in [-0.4, -0.2) is 44.8 Å². The molecule has 0 radical (unpaired) electrons. The Hall–Kier alpha value is -3.59. The molecule has 0 spiro atoms. The van der Waals surface area contributed by atoms with Crippen molar-refractivity contribution in [3.63, 3.8) is 0 Å². The van der Waals surface area contributed by atoms with Gasteiger partial charge in [0, 0.05) is 54.0 Å². The van der Waals surface area contributed by atoms with Gasteiger partial charge in [-0.1, -0.05) is 83.9 Å². The van der Waals surface area contributed by atoms with Gasteiger partial charge in [-0.05, 0) is 41.6 Å². The van der Waals surface area contributed by atoms with Gasteiger partial charge in [0.15, 0.2) is 0 Å². The van der Waals surface area contributed by atoms with Crippen LogP contribution in [0.1, 0.15) is 24.0 Å². The molecule has 212 valence electrons. The highest BCUT2D eigenvalue weighted by Gasteiger charge is 2.36. The average Bonchev–Trinajstić information content (AvgIpc) is 3.19. The predicted octanol–water partition coefficient (Wildman–Crippen LogP) is 5.82. The quantitative estimate of drug-likeness (QED) is 0.245. The molecule has 2 amide bonds. The molecule has 1 aliphatic rings. The van der Waals surface area contributed by atoms with Crippen molar-refractivity contribution in [1.29, 1.82) is 0 Å². The Balaban J connectivity index is 1.40. The van der Waals surface area contributed by atoms with Crippen molar-refractivity contribution >= 4 is 61.5 Å². The number of nitrogens with zero attached hydrogens (tertiary/aromatic N) is 2. The molecule has 1 heterocycles. The molecule has 0 fully saturated rings. The van der Waals surface area contributed by atoms with Crippen molar-refractivity contribution in [3.8, 4) is 0 Å². The monoisotopic (exact) mass is 609 g/mol. The Morgan fingerprint density at radius 2 is 1.56 bits per heavy atom. The molecule has 10 heteroatoms. The van der Waals surface area contributed by atoms with Gasteiger partial charge in [-0.2, -0.15) is 0 Å². The van der Waals surface area contributed by atoms with Gasteiger partial charge < -0.3 is 10.2 Å². The number of likely N-dealkylation sites (N-methyl/N-ethyl adjacent to an activating group) is 1. The molecule has 4 aromatic carbocycles. The molecular formula is C31H29Cl2N3O4S. The second-order valence-electron chi connectivity index (χ2n) is 9.85. The van der Waals surface area contributed by atoms with E-state index >= 15 is 0 Å². The van der Waals surface area contributed by atoms with Crippen molar-refractivity contribution in [2.45, 2.75) is 36.7 Å². The Morgan fingerprint density at radius 1 is 0.902 bits per heavy atom. The lowest BCUT2D eigenvalue weighted by atomic mass is 10.0. The highest BCUT2D eigenvalue weighted by atomic mass is 35.5. The lowest BCUT2D eigenvalue weighted by Crippen LogP contribution is -2.49. The smallest absolute Gasteiger partial charge is 0.265 e. The van der Waals surface area contributed by atoms with E-state index in [1.165, 1.54) is 16.3 Å². The minimum atomic E-state index is -3.74. The van der Waals surface area contributed by atoms with Gasteiger partial charge in [0.05, 0.1) is 10.6 Å². The summed E-state index contributed by atoms with van der Waals surface area (Å²) in [4.78, 5) is 28.8. The first kappa shape index (κ1) is 28.9. The molecule has 1 N–H and O–H groups in total. The fourth-order valence-electron chi connectivity index (χ4n) is 5.29. The van der Waals surface area contributed by atoms with Gasteiger partial charge in [0.25, 0.3) is 10.0 Å². The van der Waals surface area contributed by atoms with Crippen LogP contribution in [0.25, 0.3) is 10.8 Å². The summed E-state index contributed by atoms with van der Waals surface area (Å²) in [5.74, 6) is -0.632. The summed E-state index contributed by atoms with van der Waals surface area (Å²) in [6, 6.07) is 24.4. The molecule has 4 aromatic rings. The first-order valence-corrected chi connectivity index (χ1v) is 15.4. The number of sulfonamides is 1. The van der Waals surface area contributed by atoms with Crippen LogP contribution in [0.2, 0.25) is 10.0 Å². The van der Waals surface area contributed by atoms with Gasteiger partial charge in [0.2, 0.25) is 11.8 Å². The van der Waals surface area contributed by atoms with Gasteiger partial charge in [-0.3, -0.25) is 13.9 Å². The number of anilines is 1. The zero-order valence-electron chi connectivity index (χ0n) is 22.4. The number of benzene rings is 4. The molecule has 0 aliphatic carbocycles. The fraction of sp³-hybridized carbons (Fsp3) is 0.226. The molecule has 1 atom stereocenters. The second kappa shape index (κ2) is 12.1. The third-order valence-electron chi connectivity index (χ3n) is 7.34. The summed E-state index contributed by atoms with van der Waals surface area (Å²) in [6.45, 7) is 0.140. The Morgan fingerprint density at radius 3 is 2.24 bits per heavy atom.